The highest BCUT2D eigenvalue weighted by molar-refractivity contribution is 14.1. The molecule has 0 spiro atoms. The molecular weight excluding hydrogens is 217 g/mol. The molecule has 0 N–H and O–H groups in total. The number of rotatable bonds is 0. The Labute approximate surface area is 60.8 Å². The van der Waals surface area contributed by atoms with E-state index in [1.807, 2.05) is 22.6 Å². The summed E-state index contributed by atoms with van der Waals surface area (Å²) in [7, 11) is 0. The molecule has 1 aliphatic rings. The SMILES string of the molecule is O=C1CC=NC=C1I. The second kappa shape index (κ2) is 2.39. The highest BCUT2D eigenvalue weighted by Crippen LogP contribution is 2.11. The maximum atomic E-state index is 10.6. The Bertz CT molecular complexity index is 171. The van der Waals surface area contributed by atoms with E-state index in [2.05, 4.69) is 4.99 Å². The van der Waals surface area contributed by atoms with Crippen molar-refractivity contribution in [3.63, 3.8) is 0 Å². The topological polar surface area (TPSA) is 29.4 Å². The quantitative estimate of drug-likeness (QED) is 0.567. The van der Waals surface area contributed by atoms with Gasteiger partial charge in [0.15, 0.2) is 5.78 Å². The highest BCUT2D eigenvalue weighted by Gasteiger charge is 2.05. The molecule has 0 atom stereocenters. The second-order valence-corrected chi connectivity index (χ2v) is 2.60. The molecule has 0 aromatic rings. The summed E-state index contributed by atoms with van der Waals surface area (Å²) >= 11 is 1.98. The molecule has 0 fully saturated rings. The van der Waals surface area contributed by atoms with E-state index in [0.717, 1.165) is 3.58 Å². The first-order chi connectivity index (χ1) is 3.80. The number of allylic oxidation sites excluding steroid dienone is 1. The molecule has 0 radical (unpaired) electrons. The summed E-state index contributed by atoms with van der Waals surface area (Å²) in [5.41, 5.74) is 0. The van der Waals surface area contributed by atoms with Crippen molar-refractivity contribution in [3.8, 4) is 0 Å². The number of aliphatic imine (C=N–C) groups is 1. The summed E-state index contributed by atoms with van der Waals surface area (Å²) < 4.78 is 0.727. The van der Waals surface area contributed by atoms with Gasteiger partial charge in [-0.25, -0.2) is 0 Å². The zero-order chi connectivity index (χ0) is 5.98. The predicted octanol–water partition coefficient (Wildman–Crippen LogP) is 1.31. The van der Waals surface area contributed by atoms with Crippen LogP contribution < -0.4 is 0 Å². The third-order valence-electron chi connectivity index (χ3n) is 0.836. The van der Waals surface area contributed by atoms with Crippen molar-refractivity contribution in [3.05, 3.63) is 9.78 Å². The van der Waals surface area contributed by atoms with Crippen LogP contribution in [0.15, 0.2) is 14.8 Å². The molecule has 42 valence electrons. The van der Waals surface area contributed by atoms with Crippen LogP contribution in [0.5, 0.6) is 0 Å². The monoisotopic (exact) mass is 221 g/mol. The first-order valence-corrected chi connectivity index (χ1v) is 3.29. The Kier molecular flexibility index (Phi) is 1.77. The van der Waals surface area contributed by atoms with Crippen molar-refractivity contribution in [1.82, 2.24) is 0 Å². The normalized spacial score (nSPS) is 18.6. The van der Waals surface area contributed by atoms with E-state index in [0.29, 0.717) is 6.42 Å². The molecule has 2 nitrogen and oxygen atoms in total. The minimum Gasteiger partial charge on any atom is -0.293 e. The van der Waals surface area contributed by atoms with Crippen LogP contribution in [0.1, 0.15) is 6.42 Å². The van der Waals surface area contributed by atoms with Crippen LogP contribution >= 0.6 is 22.6 Å². The highest BCUT2D eigenvalue weighted by atomic mass is 127. The third kappa shape index (κ3) is 1.15. The number of nitrogens with zero attached hydrogens (tertiary/aromatic N) is 1. The van der Waals surface area contributed by atoms with Gasteiger partial charge in [0.05, 0.1) is 3.58 Å². The molecule has 0 unspecified atom stereocenters. The Morgan fingerprint density at radius 2 is 2.50 bits per heavy atom. The third-order valence-corrected chi connectivity index (χ3v) is 1.72. The first kappa shape index (κ1) is 5.94. The summed E-state index contributed by atoms with van der Waals surface area (Å²) in [6.07, 6.45) is 3.66. The van der Waals surface area contributed by atoms with Crippen molar-refractivity contribution in [1.29, 1.82) is 0 Å². The molecule has 1 heterocycles. The molecule has 3 heteroatoms. The maximum Gasteiger partial charge on any atom is 0.175 e. The van der Waals surface area contributed by atoms with Crippen LogP contribution in [0.2, 0.25) is 0 Å². The van der Waals surface area contributed by atoms with Crippen molar-refractivity contribution >= 4 is 34.6 Å². The van der Waals surface area contributed by atoms with Gasteiger partial charge in [-0.15, -0.1) is 0 Å². The van der Waals surface area contributed by atoms with E-state index in [1.165, 1.54) is 0 Å². The lowest BCUT2D eigenvalue weighted by Gasteiger charge is -1.95. The lowest BCUT2D eigenvalue weighted by molar-refractivity contribution is -0.113. The molecule has 0 aliphatic carbocycles. The summed E-state index contributed by atoms with van der Waals surface area (Å²) in [6.45, 7) is 0. The summed E-state index contributed by atoms with van der Waals surface area (Å²) in [4.78, 5) is 14.4. The minimum absolute atomic E-state index is 0.167. The Morgan fingerprint density at radius 1 is 1.75 bits per heavy atom. The van der Waals surface area contributed by atoms with Gasteiger partial charge >= 0.3 is 0 Å². The van der Waals surface area contributed by atoms with Gasteiger partial charge in [-0.1, -0.05) is 0 Å². The summed E-state index contributed by atoms with van der Waals surface area (Å²) in [5, 5.41) is 0. The van der Waals surface area contributed by atoms with Gasteiger partial charge in [-0.05, 0) is 22.6 Å². The van der Waals surface area contributed by atoms with E-state index in [-0.39, 0.29) is 5.78 Å². The fraction of sp³-hybridized carbons (Fsp3) is 0.200. The smallest absolute Gasteiger partial charge is 0.175 e. The van der Waals surface area contributed by atoms with Gasteiger partial charge in [0.25, 0.3) is 0 Å². The van der Waals surface area contributed by atoms with E-state index in [1.54, 1.807) is 12.4 Å². The van der Waals surface area contributed by atoms with E-state index in [9.17, 15) is 4.79 Å². The Morgan fingerprint density at radius 3 is 2.88 bits per heavy atom. The Balaban J connectivity index is 2.80. The van der Waals surface area contributed by atoms with Gasteiger partial charge in [0, 0.05) is 18.8 Å². The predicted molar refractivity (Wildman–Crippen MR) is 40.2 cm³/mol. The Hall–Kier alpha value is -0.190. The van der Waals surface area contributed by atoms with Gasteiger partial charge < -0.3 is 0 Å². The van der Waals surface area contributed by atoms with E-state index < -0.39 is 0 Å². The van der Waals surface area contributed by atoms with Crippen LogP contribution in [0, 0.1) is 0 Å². The number of carbonyl (C=O) groups is 1. The molecule has 1 rings (SSSR count). The average molecular weight is 221 g/mol. The number of hydrogen-bond donors (Lipinski definition) is 0. The summed E-state index contributed by atoms with van der Waals surface area (Å²) in [6, 6.07) is 0. The second-order valence-electron chi connectivity index (χ2n) is 1.44. The maximum absolute atomic E-state index is 10.6. The molecule has 8 heavy (non-hydrogen) atoms. The van der Waals surface area contributed by atoms with Crippen LogP contribution in [0.25, 0.3) is 0 Å². The molecule has 0 saturated heterocycles. The molecule has 0 aromatic heterocycles. The lowest BCUT2D eigenvalue weighted by Crippen LogP contribution is -2.00. The number of hydrogen-bond acceptors (Lipinski definition) is 2. The molecule has 0 amide bonds. The molecule has 0 aromatic carbocycles. The van der Waals surface area contributed by atoms with Gasteiger partial charge in [-0.3, -0.25) is 9.79 Å². The fourth-order valence-electron chi connectivity index (χ4n) is 0.423. The molecule has 1 aliphatic heterocycles. The largest absolute Gasteiger partial charge is 0.293 e. The number of Topliss-reactive ketones (excluding diaryl/α,β-unsaturated/α-hetero) is 1. The van der Waals surface area contributed by atoms with Crippen LogP contribution in [0.3, 0.4) is 0 Å². The van der Waals surface area contributed by atoms with Crippen LogP contribution in [-0.4, -0.2) is 12.0 Å². The molecule has 0 saturated carbocycles. The van der Waals surface area contributed by atoms with Crippen LogP contribution in [0.4, 0.5) is 0 Å². The minimum atomic E-state index is 0.167. The number of halogens is 1. The van der Waals surface area contributed by atoms with Gasteiger partial charge in [-0.2, -0.15) is 0 Å². The van der Waals surface area contributed by atoms with Crippen molar-refractivity contribution in [2.24, 2.45) is 4.99 Å². The van der Waals surface area contributed by atoms with Crippen molar-refractivity contribution in [2.75, 3.05) is 0 Å². The van der Waals surface area contributed by atoms with Gasteiger partial charge in [0.2, 0.25) is 0 Å². The number of carbonyl (C=O) groups excluding carboxylic acids is 1. The summed E-state index contributed by atoms with van der Waals surface area (Å²) in [5.74, 6) is 0.167. The van der Waals surface area contributed by atoms with E-state index in [4.69, 9.17) is 0 Å². The van der Waals surface area contributed by atoms with Crippen LogP contribution in [-0.2, 0) is 4.79 Å². The zero-order valence-electron chi connectivity index (χ0n) is 4.10. The van der Waals surface area contributed by atoms with Gasteiger partial charge in [0.1, 0.15) is 0 Å². The van der Waals surface area contributed by atoms with Crippen molar-refractivity contribution < 1.29 is 4.79 Å². The van der Waals surface area contributed by atoms with E-state index >= 15 is 0 Å². The zero-order valence-corrected chi connectivity index (χ0v) is 6.25. The first-order valence-electron chi connectivity index (χ1n) is 2.21. The molecular formula is C5H4INO. The molecule has 0 bridgehead atoms. The standard InChI is InChI=1S/C5H4INO/c6-4-3-7-2-1-5(4)8/h2-3H,1H2. The fourth-order valence-corrected chi connectivity index (χ4v) is 0.804. The lowest BCUT2D eigenvalue weighted by atomic mass is 10.3. The van der Waals surface area contributed by atoms with Crippen molar-refractivity contribution in [2.45, 2.75) is 6.42 Å². The number of ketones is 1. The average Bonchev–Trinajstić information content (AvgIpc) is 1.77.